The monoisotopic (exact) mass is 408 g/mol. The van der Waals surface area contributed by atoms with Crippen LogP contribution in [0.5, 0.6) is 0 Å². The summed E-state index contributed by atoms with van der Waals surface area (Å²) in [6.45, 7) is 3.53. The van der Waals surface area contributed by atoms with Crippen LogP contribution >= 0.6 is 11.6 Å². The predicted molar refractivity (Wildman–Crippen MR) is 117 cm³/mol. The highest BCUT2D eigenvalue weighted by atomic mass is 35.5. The van der Waals surface area contributed by atoms with E-state index in [-0.39, 0.29) is 5.97 Å². The lowest BCUT2D eigenvalue weighted by Crippen LogP contribution is -2.54. The fourth-order valence-electron chi connectivity index (χ4n) is 4.18. The Bertz CT molecular complexity index is 1020. The molecule has 150 valence electrons. The minimum Gasteiger partial charge on any atom is -0.463 e. The van der Waals surface area contributed by atoms with Crippen molar-refractivity contribution >= 4 is 28.3 Å². The van der Waals surface area contributed by atoms with Gasteiger partial charge in [-0.05, 0) is 47.7 Å². The van der Waals surface area contributed by atoms with Crippen molar-refractivity contribution < 1.29 is 9.53 Å². The summed E-state index contributed by atoms with van der Waals surface area (Å²) in [5.41, 5.74) is 2.04. The SMILES string of the molecule is CCOC(=O)C1(c2cccc(Cl)c2CCc2cccc3ccccc23)NCCN1. The molecular formula is C24H25ClN2O2. The van der Waals surface area contributed by atoms with Gasteiger partial charge < -0.3 is 4.74 Å². The summed E-state index contributed by atoms with van der Waals surface area (Å²) in [6.07, 6.45) is 1.56. The van der Waals surface area contributed by atoms with Crippen LogP contribution in [0.1, 0.15) is 23.6 Å². The first-order valence-corrected chi connectivity index (χ1v) is 10.5. The topological polar surface area (TPSA) is 50.4 Å². The normalized spacial score (nSPS) is 15.5. The van der Waals surface area contributed by atoms with Crippen LogP contribution < -0.4 is 10.6 Å². The smallest absolute Gasteiger partial charge is 0.346 e. The highest BCUT2D eigenvalue weighted by Gasteiger charge is 2.45. The van der Waals surface area contributed by atoms with Crippen LogP contribution in [0.15, 0.2) is 60.7 Å². The van der Waals surface area contributed by atoms with Gasteiger partial charge in [-0.15, -0.1) is 0 Å². The summed E-state index contributed by atoms with van der Waals surface area (Å²) in [4.78, 5) is 12.9. The third-order valence-electron chi connectivity index (χ3n) is 5.53. The zero-order chi connectivity index (χ0) is 20.3. The number of nitrogens with one attached hydrogen (secondary N) is 2. The van der Waals surface area contributed by atoms with Crippen molar-refractivity contribution in [1.82, 2.24) is 10.6 Å². The Morgan fingerprint density at radius 3 is 2.52 bits per heavy atom. The van der Waals surface area contributed by atoms with Crippen molar-refractivity contribution in [3.05, 3.63) is 82.4 Å². The molecule has 0 aromatic heterocycles. The van der Waals surface area contributed by atoms with E-state index in [1.807, 2.05) is 25.1 Å². The fraction of sp³-hybridized carbons (Fsp3) is 0.292. The average Bonchev–Trinajstić information content (AvgIpc) is 3.24. The largest absolute Gasteiger partial charge is 0.463 e. The number of esters is 1. The van der Waals surface area contributed by atoms with Crippen LogP contribution in [0.4, 0.5) is 0 Å². The summed E-state index contributed by atoms with van der Waals surface area (Å²) in [5, 5.41) is 9.79. The Hall–Kier alpha value is -2.40. The molecule has 5 heteroatoms. The van der Waals surface area contributed by atoms with Crippen molar-refractivity contribution in [3.8, 4) is 0 Å². The highest BCUT2D eigenvalue weighted by Crippen LogP contribution is 2.32. The summed E-state index contributed by atoms with van der Waals surface area (Å²) >= 11 is 6.63. The van der Waals surface area contributed by atoms with Gasteiger partial charge in [0.2, 0.25) is 0 Å². The minimum absolute atomic E-state index is 0.314. The zero-order valence-electron chi connectivity index (χ0n) is 16.5. The standard InChI is InChI=1S/C24H25ClN2O2/c1-2-29-23(28)24(26-15-16-27-24)21-11-6-12-22(25)20(21)14-13-18-9-5-8-17-7-3-4-10-19(17)18/h3-12,26-27H,2,13-16H2,1H3. The highest BCUT2D eigenvalue weighted by molar-refractivity contribution is 6.31. The third-order valence-corrected chi connectivity index (χ3v) is 5.89. The molecule has 0 atom stereocenters. The van der Waals surface area contributed by atoms with Gasteiger partial charge in [-0.3, -0.25) is 10.6 Å². The van der Waals surface area contributed by atoms with Crippen LogP contribution in [0, 0.1) is 0 Å². The predicted octanol–water partition coefficient (Wildman–Crippen LogP) is 4.19. The molecule has 3 aromatic rings. The first kappa shape index (κ1) is 19.9. The summed E-state index contributed by atoms with van der Waals surface area (Å²) < 4.78 is 5.39. The number of fused-ring (bicyclic) bond motifs is 1. The molecule has 1 saturated heterocycles. The van der Waals surface area contributed by atoms with Gasteiger partial charge in [0.15, 0.2) is 5.66 Å². The van der Waals surface area contributed by atoms with Crippen molar-refractivity contribution in [2.75, 3.05) is 19.7 Å². The van der Waals surface area contributed by atoms with E-state index in [0.717, 1.165) is 24.0 Å². The Labute approximate surface area is 176 Å². The molecule has 1 aliphatic rings. The molecule has 0 spiro atoms. The molecule has 0 bridgehead atoms. The Kier molecular flexibility index (Phi) is 5.86. The molecule has 4 rings (SSSR count). The van der Waals surface area contributed by atoms with Gasteiger partial charge in [-0.1, -0.05) is 66.2 Å². The Balaban J connectivity index is 1.70. The lowest BCUT2D eigenvalue weighted by atomic mass is 9.90. The van der Waals surface area contributed by atoms with Gasteiger partial charge in [0, 0.05) is 23.7 Å². The maximum absolute atomic E-state index is 12.9. The number of ether oxygens (including phenoxy) is 1. The molecule has 4 nitrogen and oxygen atoms in total. The average molecular weight is 409 g/mol. The van der Waals surface area contributed by atoms with E-state index in [0.29, 0.717) is 24.7 Å². The number of aryl methyl sites for hydroxylation is 1. The van der Waals surface area contributed by atoms with E-state index >= 15 is 0 Å². The molecule has 29 heavy (non-hydrogen) atoms. The van der Waals surface area contributed by atoms with Crippen LogP contribution in [-0.2, 0) is 28.0 Å². The van der Waals surface area contributed by atoms with Crippen molar-refractivity contribution in [2.24, 2.45) is 0 Å². The van der Waals surface area contributed by atoms with Crippen molar-refractivity contribution in [3.63, 3.8) is 0 Å². The first-order valence-electron chi connectivity index (χ1n) is 10.1. The summed E-state index contributed by atoms with van der Waals surface area (Å²) in [5.74, 6) is -0.314. The van der Waals surface area contributed by atoms with Gasteiger partial charge in [0.25, 0.3) is 0 Å². The maximum Gasteiger partial charge on any atom is 0.346 e. The summed E-state index contributed by atoms with van der Waals surface area (Å²) in [7, 11) is 0. The molecule has 0 radical (unpaired) electrons. The molecule has 3 aromatic carbocycles. The molecule has 1 aliphatic heterocycles. The minimum atomic E-state index is -1.05. The van der Waals surface area contributed by atoms with E-state index in [9.17, 15) is 4.79 Å². The van der Waals surface area contributed by atoms with Gasteiger partial charge in [-0.25, -0.2) is 4.79 Å². The molecular weight excluding hydrogens is 384 g/mol. The lowest BCUT2D eigenvalue weighted by molar-refractivity contribution is -0.152. The quantitative estimate of drug-likeness (QED) is 0.600. The summed E-state index contributed by atoms with van der Waals surface area (Å²) in [6, 6.07) is 20.5. The third kappa shape index (κ3) is 3.76. The van der Waals surface area contributed by atoms with E-state index in [4.69, 9.17) is 16.3 Å². The van der Waals surface area contributed by atoms with Crippen LogP contribution in [0.3, 0.4) is 0 Å². The number of rotatable bonds is 6. The number of hydrogen-bond acceptors (Lipinski definition) is 4. The van der Waals surface area contributed by atoms with Crippen LogP contribution in [0.25, 0.3) is 10.8 Å². The lowest BCUT2D eigenvalue weighted by Gasteiger charge is -2.30. The first-order chi connectivity index (χ1) is 14.2. The second-order valence-electron chi connectivity index (χ2n) is 7.23. The van der Waals surface area contributed by atoms with Gasteiger partial charge in [0.1, 0.15) is 0 Å². The van der Waals surface area contributed by atoms with E-state index in [2.05, 4.69) is 53.1 Å². The van der Waals surface area contributed by atoms with Crippen LogP contribution in [-0.4, -0.2) is 25.7 Å². The second kappa shape index (κ2) is 8.54. The van der Waals surface area contributed by atoms with Crippen LogP contribution in [0.2, 0.25) is 5.02 Å². The van der Waals surface area contributed by atoms with E-state index < -0.39 is 5.66 Å². The van der Waals surface area contributed by atoms with Gasteiger partial charge in [0.05, 0.1) is 6.61 Å². The fourth-order valence-corrected chi connectivity index (χ4v) is 4.45. The molecule has 0 aliphatic carbocycles. The molecule has 0 amide bonds. The molecule has 1 heterocycles. The second-order valence-corrected chi connectivity index (χ2v) is 7.64. The number of hydrogen-bond donors (Lipinski definition) is 2. The number of benzene rings is 3. The van der Waals surface area contributed by atoms with Gasteiger partial charge in [-0.2, -0.15) is 0 Å². The van der Waals surface area contributed by atoms with Gasteiger partial charge >= 0.3 is 5.97 Å². The number of carbonyl (C=O) groups excluding carboxylic acids is 1. The molecule has 0 saturated carbocycles. The zero-order valence-corrected chi connectivity index (χ0v) is 17.3. The molecule has 0 unspecified atom stereocenters. The number of halogens is 1. The maximum atomic E-state index is 12.9. The molecule has 2 N–H and O–H groups in total. The Morgan fingerprint density at radius 1 is 1.00 bits per heavy atom. The van der Waals surface area contributed by atoms with E-state index in [1.165, 1.54) is 16.3 Å². The molecule has 1 fully saturated rings. The van der Waals surface area contributed by atoms with Crippen molar-refractivity contribution in [2.45, 2.75) is 25.4 Å². The van der Waals surface area contributed by atoms with Crippen molar-refractivity contribution in [1.29, 1.82) is 0 Å². The Morgan fingerprint density at radius 2 is 1.72 bits per heavy atom. The van der Waals surface area contributed by atoms with E-state index in [1.54, 1.807) is 0 Å². The number of carbonyl (C=O) groups is 1.